The lowest BCUT2D eigenvalue weighted by molar-refractivity contribution is -0.134. The summed E-state index contributed by atoms with van der Waals surface area (Å²) < 4.78 is 10.7. The zero-order valence-electron chi connectivity index (χ0n) is 16.0. The molecule has 0 heterocycles. The van der Waals surface area contributed by atoms with Gasteiger partial charge in [-0.15, -0.1) is 0 Å². The SMILES string of the molecule is COc1ccc(OCCNC(=O)CN(Cc2ccc(C)cc2)C(C)=O)cc1. The van der Waals surface area contributed by atoms with Crippen LogP contribution in [0.3, 0.4) is 0 Å². The van der Waals surface area contributed by atoms with Crippen LogP contribution in [0.4, 0.5) is 0 Å². The smallest absolute Gasteiger partial charge is 0.239 e. The first kappa shape index (κ1) is 20.3. The molecule has 0 unspecified atom stereocenters. The van der Waals surface area contributed by atoms with Crippen LogP contribution in [0.2, 0.25) is 0 Å². The Morgan fingerprint density at radius 3 is 2.22 bits per heavy atom. The fourth-order valence-corrected chi connectivity index (χ4v) is 2.45. The Kier molecular flexibility index (Phi) is 7.67. The minimum Gasteiger partial charge on any atom is -0.497 e. The molecule has 0 saturated carbocycles. The molecule has 0 aliphatic heterocycles. The highest BCUT2D eigenvalue weighted by Crippen LogP contribution is 2.16. The lowest BCUT2D eigenvalue weighted by atomic mass is 10.1. The third-order valence-corrected chi connectivity index (χ3v) is 4.03. The highest BCUT2D eigenvalue weighted by atomic mass is 16.5. The molecule has 2 aromatic carbocycles. The maximum Gasteiger partial charge on any atom is 0.239 e. The van der Waals surface area contributed by atoms with Gasteiger partial charge < -0.3 is 19.7 Å². The zero-order chi connectivity index (χ0) is 19.6. The summed E-state index contributed by atoms with van der Waals surface area (Å²) in [4.78, 5) is 25.5. The average Bonchev–Trinajstić information content (AvgIpc) is 2.67. The first-order valence-electron chi connectivity index (χ1n) is 8.82. The molecule has 6 nitrogen and oxygen atoms in total. The fraction of sp³-hybridized carbons (Fsp3) is 0.333. The van der Waals surface area contributed by atoms with Gasteiger partial charge in [-0.1, -0.05) is 29.8 Å². The molecular formula is C21H26N2O4. The summed E-state index contributed by atoms with van der Waals surface area (Å²) in [5, 5.41) is 2.77. The summed E-state index contributed by atoms with van der Waals surface area (Å²) in [5.41, 5.74) is 2.15. The zero-order valence-corrected chi connectivity index (χ0v) is 16.0. The van der Waals surface area contributed by atoms with Gasteiger partial charge in [0.15, 0.2) is 0 Å². The van der Waals surface area contributed by atoms with Crippen LogP contribution in [0.5, 0.6) is 11.5 Å². The van der Waals surface area contributed by atoms with Gasteiger partial charge in [-0.3, -0.25) is 9.59 Å². The molecule has 144 valence electrons. The van der Waals surface area contributed by atoms with Crippen LogP contribution in [0.1, 0.15) is 18.1 Å². The Labute approximate surface area is 160 Å². The van der Waals surface area contributed by atoms with E-state index in [1.54, 1.807) is 19.2 Å². The van der Waals surface area contributed by atoms with Crippen LogP contribution in [-0.2, 0) is 16.1 Å². The van der Waals surface area contributed by atoms with Crippen molar-refractivity contribution in [1.82, 2.24) is 10.2 Å². The highest BCUT2D eigenvalue weighted by molar-refractivity contribution is 5.83. The number of hydrogen-bond donors (Lipinski definition) is 1. The number of nitrogens with one attached hydrogen (secondary N) is 1. The van der Waals surface area contributed by atoms with E-state index in [9.17, 15) is 9.59 Å². The quantitative estimate of drug-likeness (QED) is 0.689. The van der Waals surface area contributed by atoms with Gasteiger partial charge in [0.2, 0.25) is 11.8 Å². The molecule has 0 atom stereocenters. The normalized spacial score (nSPS) is 10.2. The number of carbonyl (C=O) groups is 2. The number of benzene rings is 2. The van der Waals surface area contributed by atoms with Crippen LogP contribution in [-0.4, -0.2) is 43.5 Å². The second-order valence-corrected chi connectivity index (χ2v) is 6.23. The summed E-state index contributed by atoms with van der Waals surface area (Å²) in [6.07, 6.45) is 0. The molecule has 0 aliphatic rings. The lowest BCUT2D eigenvalue weighted by Gasteiger charge is -2.20. The molecule has 2 aromatic rings. The number of rotatable bonds is 9. The van der Waals surface area contributed by atoms with E-state index < -0.39 is 0 Å². The molecule has 27 heavy (non-hydrogen) atoms. The Bertz CT molecular complexity index is 742. The van der Waals surface area contributed by atoms with Crippen molar-refractivity contribution in [2.24, 2.45) is 0 Å². The summed E-state index contributed by atoms with van der Waals surface area (Å²) >= 11 is 0. The van der Waals surface area contributed by atoms with Crippen molar-refractivity contribution in [2.45, 2.75) is 20.4 Å². The third-order valence-electron chi connectivity index (χ3n) is 4.03. The number of carbonyl (C=O) groups excluding carboxylic acids is 2. The van der Waals surface area contributed by atoms with Gasteiger partial charge in [-0.2, -0.15) is 0 Å². The van der Waals surface area contributed by atoms with Gasteiger partial charge in [0.1, 0.15) is 18.1 Å². The predicted molar refractivity (Wildman–Crippen MR) is 104 cm³/mol. The Balaban J connectivity index is 1.74. The maximum absolute atomic E-state index is 12.1. The van der Waals surface area contributed by atoms with Crippen molar-refractivity contribution in [3.63, 3.8) is 0 Å². The van der Waals surface area contributed by atoms with Crippen molar-refractivity contribution in [3.05, 3.63) is 59.7 Å². The van der Waals surface area contributed by atoms with Gasteiger partial charge in [-0.25, -0.2) is 0 Å². The van der Waals surface area contributed by atoms with Crippen LogP contribution in [0, 0.1) is 6.92 Å². The van der Waals surface area contributed by atoms with Crippen LogP contribution >= 0.6 is 0 Å². The second kappa shape index (κ2) is 10.2. The molecule has 0 bridgehead atoms. The van der Waals surface area contributed by atoms with E-state index in [1.165, 1.54) is 11.8 Å². The number of nitrogens with zero attached hydrogens (tertiary/aromatic N) is 1. The molecule has 0 radical (unpaired) electrons. The molecular weight excluding hydrogens is 344 g/mol. The molecule has 0 aliphatic carbocycles. The number of hydrogen-bond acceptors (Lipinski definition) is 4. The van der Waals surface area contributed by atoms with Gasteiger partial charge in [0.05, 0.1) is 20.2 Å². The molecule has 1 N–H and O–H groups in total. The van der Waals surface area contributed by atoms with E-state index in [0.717, 1.165) is 16.9 Å². The van der Waals surface area contributed by atoms with E-state index in [2.05, 4.69) is 5.32 Å². The van der Waals surface area contributed by atoms with Crippen molar-refractivity contribution < 1.29 is 19.1 Å². The monoisotopic (exact) mass is 370 g/mol. The summed E-state index contributed by atoms with van der Waals surface area (Å²) in [6.45, 7) is 4.61. The third kappa shape index (κ3) is 7.01. The lowest BCUT2D eigenvalue weighted by Crippen LogP contribution is -2.40. The van der Waals surface area contributed by atoms with Gasteiger partial charge in [0.25, 0.3) is 0 Å². The maximum atomic E-state index is 12.1. The first-order chi connectivity index (χ1) is 13.0. The number of ether oxygens (including phenoxy) is 2. The minimum absolute atomic E-state index is 0.0196. The largest absolute Gasteiger partial charge is 0.497 e. The van der Waals surface area contributed by atoms with Crippen LogP contribution in [0.15, 0.2) is 48.5 Å². The van der Waals surface area contributed by atoms with E-state index in [4.69, 9.17) is 9.47 Å². The van der Waals surface area contributed by atoms with E-state index in [-0.39, 0.29) is 18.4 Å². The van der Waals surface area contributed by atoms with Crippen molar-refractivity contribution >= 4 is 11.8 Å². The average molecular weight is 370 g/mol. The molecule has 6 heteroatoms. The number of methoxy groups -OCH3 is 1. The van der Waals surface area contributed by atoms with Crippen molar-refractivity contribution in [3.8, 4) is 11.5 Å². The summed E-state index contributed by atoms with van der Waals surface area (Å²) in [7, 11) is 1.61. The Hall–Kier alpha value is -3.02. The van der Waals surface area contributed by atoms with Crippen molar-refractivity contribution in [1.29, 1.82) is 0 Å². The van der Waals surface area contributed by atoms with Gasteiger partial charge in [-0.05, 0) is 36.8 Å². The van der Waals surface area contributed by atoms with E-state index in [0.29, 0.717) is 25.4 Å². The molecule has 2 rings (SSSR count). The standard InChI is InChI=1S/C21H26N2O4/c1-16-4-6-18(7-5-16)14-23(17(2)24)15-21(25)22-12-13-27-20-10-8-19(26-3)9-11-20/h4-11H,12-15H2,1-3H3,(H,22,25). The second-order valence-electron chi connectivity index (χ2n) is 6.23. The molecule has 0 fully saturated rings. The summed E-state index contributed by atoms with van der Waals surface area (Å²) in [5.74, 6) is 1.11. The van der Waals surface area contributed by atoms with E-state index >= 15 is 0 Å². The highest BCUT2D eigenvalue weighted by Gasteiger charge is 2.14. The molecule has 0 spiro atoms. The fourth-order valence-electron chi connectivity index (χ4n) is 2.45. The molecule has 2 amide bonds. The van der Waals surface area contributed by atoms with Crippen LogP contribution < -0.4 is 14.8 Å². The number of aryl methyl sites for hydroxylation is 1. The predicted octanol–water partition coefficient (Wildman–Crippen LogP) is 2.55. The summed E-state index contributed by atoms with van der Waals surface area (Å²) in [6, 6.07) is 15.1. The minimum atomic E-state index is -0.212. The number of amides is 2. The van der Waals surface area contributed by atoms with Gasteiger partial charge in [0, 0.05) is 13.5 Å². The topological polar surface area (TPSA) is 67.9 Å². The van der Waals surface area contributed by atoms with Gasteiger partial charge >= 0.3 is 0 Å². The van der Waals surface area contributed by atoms with Crippen LogP contribution in [0.25, 0.3) is 0 Å². The Morgan fingerprint density at radius 2 is 1.63 bits per heavy atom. The molecule has 0 aromatic heterocycles. The van der Waals surface area contributed by atoms with Crippen molar-refractivity contribution in [2.75, 3.05) is 26.8 Å². The molecule has 0 saturated heterocycles. The Morgan fingerprint density at radius 1 is 1.00 bits per heavy atom. The van der Waals surface area contributed by atoms with E-state index in [1.807, 2.05) is 43.3 Å². The first-order valence-corrected chi connectivity index (χ1v) is 8.82.